The molecule has 0 aliphatic carbocycles. The second-order valence-electron chi connectivity index (χ2n) is 23.2. The Hall–Kier alpha value is -2.55. The molecule has 0 aromatic rings. The van der Waals surface area contributed by atoms with E-state index in [1.807, 2.05) is 33.3 Å². The van der Waals surface area contributed by atoms with Gasteiger partial charge in [-0.3, -0.25) is 14.2 Å². The van der Waals surface area contributed by atoms with Gasteiger partial charge >= 0.3 is 5.97 Å². The molecule has 1 amide bonds. The van der Waals surface area contributed by atoms with Crippen molar-refractivity contribution in [1.82, 2.24) is 5.32 Å². The van der Waals surface area contributed by atoms with Crippen molar-refractivity contribution in [2.45, 2.75) is 309 Å². The molecule has 3 atom stereocenters. The van der Waals surface area contributed by atoms with Crippen LogP contribution in [0.5, 0.6) is 0 Å². The normalized spacial score (nSPS) is 14.1. The Labute approximate surface area is 483 Å². The number of carbonyl (C=O) groups is 2. The van der Waals surface area contributed by atoms with Crippen LogP contribution in [0.1, 0.15) is 297 Å². The zero-order chi connectivity index (χ0) is 57.2. The highest BCUT2D eigenvalue weighted by Gasteiger charge is 2.27. The minimum Gasteiger partial charge on any atom is -0.756 e. The maximum absolute atomic E-state index is 13.5. The van der Waals surface area contributed by atoms with Crippen molar-refractivity contribution in [3.8, 4) is 0 Å². The molecule has 454 valence electrons. The van der Waals surface area contributed by atoms with Crippen LogP contribution in [0.15, 0.2) is 72.9 Å². The molecule has 0 heterocycles. The summed E-state index contributed by atoms with van der Waals surface area (Å²) in [5, 5.41) is 3.00. The summed E-state index contributed by atoms with van der Waals surface area (Å²) < 4.78 is 30.3. The van der Waals surface area contributed by atoms with Gasteiger partial charge in [0.1, 0.15) is 19.3 Å². The smallest absolute Gasteiger partial charge is 0.306 e. The molecule has 9 nitrogen and oxygen atoms in total. The molecule has 0 fully saturated rings. The molecule has 0 radical (unpaired) electrons. The summed E-state index contributed by atoms with van der Waals surface area (Å²) >= 11 is 0. The van der Waals surface area contributed by atoms with Gasteiger partial charge in [-0.1, -0.05) is 287 Å². The lowest BCUT2D eigenvalue weighted by Crippen LogP contribution is -2.47. The second-order valence-corrected chi connectivity index (χ2v) is 24.7. The number of ether oxygens (including phenoxy) is 1. The lowest BCUT2D eigenvalue weighted by atomic mass is 10.0. The number of hydrogen-bond acceptors (Lipinski definition) is 7. The highest BCUT2D eigenvalue weighted by molar-refractivity contribution is 7.45. The Bertz CT molecular complexity index is 1570. The second kappa shape index (κ2) is 57.7. The van der Waals surface area contributed by atoms with Crippen LogP contribution in [0, 0.1) is 0 Å². The average Bonchev–Trinajstić information content (AvgIpc) is 3.40. The van der Waals surface area contributed by atoms with E-state index in [9.17, 15) is 19.0 Å². The van der Waals surface area contributed by atoms with E-state index in [4.69, 9.17) is 13.8 Å². The summed E-state index contributed by atoms with van der Waals surface area (Å²) in [4.78, 5) is 40.0. The third-order valence-corrected chi connectivity index (χ3v) is 15.4. The molecule has 0 aromatic heterocycles. The lowest BCUT2D eigenvalue weighted by molar-refractivity contribution is -0.870. The number of likely N-dealkylation sites (N-methyl/N-ethyl adjacent to an activating group) is 1. The number of carbonyl (C=O) groups excluding carboxylic acids is 2. The number of esters is 1. The highest BCUT2D eigenvalue weighted by Crippen LogP contribution is 2.38. The molecule has 10 heteroatoms. The zero-order valence-corrected chi connectivity index (χ0v) is 52.8. The summed E-state index contributed by atoms with van der Waals surface area (Å²) in [7, 11) is 1.15. The van der Waals surface area contributed by atoms with E-state index < -0.39 is 26.6 Å². The molecule has 3 unspecified atom stereocenters. The van der Waals surface area contributed by atoms with Gasteiger partial charge in [0.15, 0.2) is 0 Å². The van der Waals surface area contributed by atoms with Crippen LogP contribution in [0.25, 0.3) is 0 Å². The van der Waals surface area contributed by atoms with Crippen LogP contribution in [0.2, 0.25) is 0 Å². The van der Waals surface area contributed by atoms with Crippen LogP contribution in [0.3, 0.4) is 0 Å². The van der Waals surface area contributed by atoms with Gasteiger partial charge in [-0.15, -0.1) is 0 Å². The Morgan fingerprint density at radius 2 is 0.833 bits per heavy atom. The fourth-order valence-electron chi connectivity index (χ4n) is 9.38. The first-order valence-electron chi connectivity index (χ1n) is 32.7. The number of rotatable bonds is 59. The number of allylic oxidation sites excluding steroid dienone is 11. The molecule has 0 aliphatic heterocycles. The van der Waals surface area contributed by atoms with E-state index in [0.717, 1.165) is 77.0 Å². The Balaban J connectivity index is 5.20. The van der Waals surface area contributed by atoms with Crippen molar-refractivity contribution < 1.29 is 37.3 Å². The quantitative estimate of drug-likeness (QED) is 0.0212. The molecule has 0 aliphatic rings. The van der Waals surface area contributed by atoms with Crippen LogP contribution in [-0.2, 0) is 27.9 Å². The molecule has 0 rings (SSSR count). The monoisotopic (exact) mass is 1110 g/mol. The van der Waals surface area contributed by atoms with E-state index in [2.05, 4.69) is 86.8 Å². The Morgan fingerprint density at radius 3 is 1.24 bits per heavy atom. The van der Waals surface area contributed by atoms with E-state index in [1.54, 1.807) is 0 Å². The highest BCUT2D eigenvalue weighted by atomic mass is 31.2. The van der Waals surface area contributed by atoms with Gasteiger partial charge in [-0.05, 0) is 70.3 Å². The van der Waals surface area contributed by atoms with Gasteiger partial charge in [-0.25, -0.2) is 0 Å². The number of phosphoric acid groups is 1. The molecule has 0 spiro atoms. The number of quaternary nitrogens is 1. The minimum absolute atomic E-state index is 0.0339. The number of hydrogen-bond donors (Lipinski definition) is 1. The summed E-state index contributed by atoms with van der Waals surface area (Å²) in [5.41, 5.74) is 0. The van der Waals surface area contributed by atoms with Crippen molar-refractivity contribution in [3.63, 3.8) is 0 Å². The summed E-state index contributed by atoms with van der Waals surface area (Å²) in [6.45, 7) is 6.71. The minimum atomic E-state index is -4.72. The molecule has 0 bridgehead atoms. The van der Waals surface area contributed by atoms with Crippen LogP contribution in [-0.4, -0.2) is 69.4 Å². The predicted octanol–water partition coefficient (Wildman–Crippen LogP) is 19.8. The summed E-state index contributed by atoms with van der Waals surface area (Å²) in [6, 6.07) is -0.919. The van der Waals surface area contributed by atoms with Gasteiger partial charge in [0.05, 0.1) is 33.8 Å². The molecule has 0 saturated carbocycles. The number of phosphoric ester groups is 1. The first-order valence-corrected chi connectivity index (χ1v) is 34.2. The molecular weight excluding hydrogens is 988 g/mol. The van der Waals surface area contributed by atoms with Crippen molar-refractivity contribution in [3.05, 3.63) is 72.9 Å². The molecule has 1 N–H and O–H groups in total. The Morgan fingerprint density at radius 1 is 0.462 bits per heavy atom. The van der Waals surface area contributed by atoms with Gasteiger partial charge in [-0.2, -0.15) is 0 Å². The standard InChI is InChI=1S/C68H125N2O7P/c1-7-10-13-16-19-22-25-28-30-32-33-34-35-36-37-39-41-43-46-49-52-55-58-61-68(72)77-66(59-56-53-50-47-44-27-24-21-18-15-12-9-3)65(64-76-78(73,74)75-63-62-70(4,5)6)69-67(71)60-57-54-51-48-45-42-40-38-31-29-26-23-20-17-14-11-8-2/h11,14,20,23,29,31,40,42,48,51,56,59,65-66H,7-10,12-13,15-19,21-22,24-28,30,32-39,41,43-47,49-50,52-55,57-58,60-64H2,1-6H3,(H-,69,71,73,74)/b14-11-,23-20-,31-29-,42-40-,51-48-,59-56-. The number of nitrogens with zero attached hydrogens (tertiary/aromatic N) is 1. The topological polar surface area (TPSA) is 114 Å². The summed E-state index contributed by atoms with van der Waals surface area (Å²) in [6.07, 6.45) is 74.7. The van der Waals surface area contributed by atoms with Gasteiger partial charge < -0.3 is 28.5 Å². The SMILES string of the molecule is CC/C=C\C/C=C\C/C=C\C/C=C\C/C=C\CCCC(=O)NC(COP(=O)([O-])OCC[N+](C)(C)C)C(/C=C\CCCCCCCCCCCC)OC(=O)CCCCCCCCCCCCCCCCCCCCCCCCC. The lowest BCUT2D eigenvalue weighted by Gasteiger charge is -2.30. The number of amides is 1. The fraction of sp³-hybridized carbons (Fsp3) is 0.794. The fourth-order valence-corrected chi connectivity index (χ4v) is 10.1. The van der Waals surface area contributed by atoms with Crippen molar-refractivity contribution in [2.75, 3.05) is 40.9 Å². The first kappa shape index (κ1) is 75.5. The average molecular weight is 1110 g/mol. The van der Waals surface area contributed by atoms with Crippen molar-refractivity contribution in [2.24, 2.45) is 0 Å². The van der Waals surface area contributed by atoms with E-state index in [0.29, 0.717) is 17.4 Å². The van der Waals surface area contributed by atoms with Gasteiger partial charge in [0, 0.05) is 12.8 Å². The Kier molecular flexibility index (Phi) is 55.8. The molecule has 0 saturated heterocycles. The maximum atomic E-state index is 13.5. The molecule has 0 aromatic carbocycles. The summed E-state index contributed by atoms with van der Waals surface area (Å²) in [5.74, 6) is -0.601. The predicted molar refractivity (Wildman–Crippen MR) is 335 cm³/mol. The maximum Gasteiger partial charge on any atom is 0.306 e. The van der Waals surface area contributed by atoms with Crippen LogP contribution < -0.4 is 10.2 Å². The van der Waals surface area contributed by atoms with Crippen LogP contribution in [0.4, 0.5) is 0 Å². The van der Waals surface area contributed by atoms with E-state index >= 15 is 0 Å². The van der Waals surface area contributed by atoms with Gasteiger partial charge in [0.2, 0.25) is 5.91 Å². The zero-order valence-electron chi connectivity index (χ0n) is 51.9. The third kappa shape index (κ3) is 58.1. The van der Waals surface area contributed by atoms with E-state index in [-0.39, 0.29) is 31.3 Å². The van der Waals surface area contributed by atoms with Crippen molar-refractivity contribution in [1.29, 1.82) is 0 Å². The van der Waals surface area contributed by atoms with E-state index in [1.165, 1.54) is 180 Å². The third-order valence-electron chi connectivity index (χ3n) is 14.4. The number of nitrogens with one attached hydrogen (secondary N) is 1. The van der Waals surface area contributed by atoms with Crippen LogP contribution >= 0.6 is 7.82 Å². The van der Waals surface area contributed by atoms with Crippen molar-refractivity contribution >= 4 is 19.7 Å². The largest absolute Gasteiger partial charge is 0.756 e. The van der Waals surface area contributed by atoms with Gasteiger partial charge in [0.25, 0.3) is 7.82 Å². The number of unbranched alkanes of at least 4 members (excludes halogenated alkanes) is 33. The molecular formula is C68H125N2O7P. The molecule has 78 heavy (non-hydrogen) atoms. The first-order chi connectivity index (χ1) is 37.9.